The van der Waals surface area contributed by atoms with E-state index < -0.39 is 5.82 Å². The molecule has 2 saturated heterocycles. The Labute approximate surface area is 168 Å². The fourth-order valence-corrected chi connectivity index (χ4v) is 5.31. The highest BCUT2D eigenvalue weighted by Crippen LogP contribution is 2.39. The van der Waals surface area contributed by atoms with Crippen molar-refractivity contribution in [3.05, 3.63) is 45.4 Å². The molecule has 0 saturated carbocycles. The lowest BCUT2D eigenvalue weighted by Crippen LogP contribution is -2.49. The van der Waals surface area contributed by atoms with E-state index in [2.05, 4.69) is 0 Å². The number of nitriles is 1. The highest BCUT2D eigenvalue weighted by atomic mass is 35.5. The Kier molecular flexibility index (Phi) is 5.57. The van der Waals surface area contributed by atoms with E-state index in [1.54, 1.807) is 6.07 Å². The third kappa shape index (κ3) is 3.47. The first-order chi connectivity index (χ1) is 12.5. The lowest BCUT2D eigenvalue weighted by atomic mass is 9.98. The number of carbonyl (C=O) groups excluding carboxylic acids is 1. The number of fused-ring (bicyclic) bond motifs is 2. The summed E-state index contributed by atoms with van der Waals surface area (Å²) >= 11 is 1.45. The fourth-order valence-electron chi connectivity index (χ4n) is 4.33. The van der Waals surface area contributed by atoms with Crippen LogP contribution in [0.3, 0.4) is 0 Å². The Bertz CT molecular complexity index is 908. The molecule has 2 aliphatic heterocycles. The second kappa shape index (κ2) is 7.59. The number of hydrogen-bond acceptors (Lipinski definition) is 4. The number of aryl methyl sites for hydroxylation is 1. The van der Waals surface area contributed by atoms with Gasteiger partial charge in [-0.05, 0) is 61.9 Å². The van der Waals surface area contributed by atoms with Crippen molar-refractivity contribution >= 4 is 29.7 Å². The topological polar surface area (TPSA) is 70.1 Å². The van der Waals surface area contributed by atoms with E-state index in [9.17, 15) is 9.18 Å². The first kappa shape index (κ1) is 19.8. The molecule has 1 aromatic carbocycles. The summed E-state index contributed by atoms with van der Waals surface area (Å²) in [5.41, 5.74) is 7.67. The number of amides is 1. The quantitative estimate of drug-likeness (QED) is 0.811. The molecule has 4 rings (SSSR count). The number of piperidine rings is 1. The first-order valence-electron chi connectivity index (χ1n) is 8.86. The number of nitrogens with two attached hydrogens (primary N) is 1. The van der Waals surface area contributed by atoms with Crippen molar-refractivity contribution in [2.75, 3.05) is 0 Å². The van der Waals surface area contributed by atoms with Crippen molar-refractivity contribution in [3.8, 4) is 17.2 Å². The molecule has 3 heterocycles. The summed E-state index contributed by atoms with van der Waals surface area (Å²) < 4.78 is 14.0. The van der Waals surface area contributed by atoms with Crippen LogP contribution in [-0.4, -0.2) is 28.9 Å². The molecule has 1 aromatic heterocycles. The van der Waals surface area contributed by atoms with Gasteiger partial charge in [-0.15, -0.1) is 23.7 Å². The predicted octanol–water partition coefficient (Wildman–Crippen LogP) is 4.25. The Hall–Kier alpha value is -1.94. The van der Waals surface area contributed by atoms with Crippen LogP contribution in [0.5, 0.6) is 0 Å². The zero-order valence-electron chi connectivity index (χ0n) is 14.9. The second-order valence-electron chi connectivity index (χ2n) is 7.22. The number of thiophene rings is 1. The van der Waals surface area contributed by atoms with Crippen molar-refractivity contribution < 1.29 is 9.18 Å². The summed E-state index contributed by atoms with van der Waals surface area (Å²) in [5.74, 6) is -0.468. The van der Waals surface area contributed by atoms with Crippen molar-refractivity contribution in [3.63, 3.8) is 0 Å². The van der Waals surface area contributed by atoms with Crippen LogP contribution in [0.25, 0.3) is 11.1 Å². The molecule has 0 aliphatic carbocycles. The van der Waals surface area contributed by atoms with E-state index in [0.717, 1.165) is 36.1 Å². The second-order valence-corrected chi connectivity index (χ2v) is 8.47. The lowest BCUT2D eigenvalue weighted by molar-refractivity contribution is 0.0580. The minimum atomic E-state index is -0.536. The number of hydrogen-bond donors (Lipinski definition) is 1. The highest BCUT2D eigenvalue weighted by molar-refractivity contribution is 7.14. The van der Waals surface area contributed by atoms with Gasteiger partial charge in [0.2, 0.25) is 0 Å². The van der Waals surface area contributed by atoms with E-state index >= 15 is 0 Å². The molecule has 2 atom stereocenters. The van der Waals surface area contributed by atoms with Gasteiger partial charge in [-0.1, -0.05) is 6.07 Å². The van der Waals surface area contributed by atoms with Gasteiger partial charge in [-0.2, -0.15) is 5.26 Å². The van der Waals surface area contributed by atoms with Crippen LogP contribution in [0.2, 0.25) is 0 Å². The first-order valence-corrected chi connectivity index (χ1v) is 9.68. The SMILES string of the molecule is Cc1sc(C(=O)N2C3CCC2CC(N)C3)cc1-c1ccc(C#N)c(F)c1.Cl. The maximum atomic E-state index is 14.0. The van der Waals surface area contributed by atoms with Gasteiger partial charge in [-0.3, -0.25) is 4.79 Å². The molecule has 2 bridgehead atoms. The van der Waals surface area contributed by atoms with Gasteiger partial charge >= 0.3 is 0 Å². The van der Waals surface area contributed by atoms with Gasteiger partial charge < -0.3 is 10.6 Å². The summed E-state index contributed by atoms with van der Waals surface area (Å²) in [5, 5.41) is 8.88. The van der Waals surface area contributed by atoms with Crippen LogP contribution in [0, 0.1) is 24.1 Å². The third-order valence-corrected chi connectivity index (χ3v) is 6.57. The molecular weight excluding hydrogens is 385 g/mol. The van der Waals surface area contributed by atoms with Gasteiger partial charge in [0.25, 0.3) is 5.91 Å². The number of halogens is 2. The van der Waals surface area contributed by atoms with Crippen molar-refractivity contribution in [1.82, 2.24) is 4.90 Å². The molecule has 1 amide bonds. The highest BCUT2D eigenvalue weighted by Gasteiger charge is 2.42. The lowest BCUT2D eigenvalue weighted by Gasteiger charge is -2.37. The Morgan fingerprint density at radius 1 is 1.30 bits per heavy atom. The summed E-state index contributed by atoms with van der Waals surface area (Å²) in [6.45, 7) is 1.94. The van der Waals surface area contributed by atoms with Crippen molar-refractivity contribution in [2.45, 2.75) is 50.7 Å². The molecule has 2 N–H and O–H groups in total. The molecule has 2 unspecified atom stereocenters. The van der Waals surface area contributed by atoms with Crippen LogP contribution in [0.15, 0.2) is 24.3 Å². The van der Waals surface area contributed by atoms with Gasteiger partial charge in [-0.25, -0.2) is 4.39 Å². The molecule has 7 heteroatoms. The maximum absolute atomic E-state index is 14.0. The third-order valence-electron chi connectivity index (χ3n) is 5.53. The Morgan fingerprint density at radius 3 is 2.56 bits per heavy atom. The van der Waals surface area contributed by atoms with Gasteiger partial charge in [0.1, 0.15) is 11.9 Å². The summed E-state index contributed by atoms with van der Waals surface area (Å²) in [7, 11) is 0. The zero-order chi connectivity index (χ0) is 18.4. The van der Waals surface area contributed by atoms with Crippen LogP contribution in [0.4, 0.5) is 4.39 Å². The van der Waals surface area contributed by atoms with Crippen LogP contribution in [-0.2, 0) is 0 Å². The van der Waals surface area contributed by atoms with E-state index in [1.807, 2.05) is 24.0 Å². The summed E-state index contributed by atoms with van der Waals surface area (Å²) in [6.07, 6.45) is 3.81. The Balaban J connectivity index is 0.00000210. The van der Waals surface area contributed by atoms with Gasteiger partial charge in [0, 0.05) is 23.0 Å². The molecule has 4 nitrogen and oxygen atoms in total. The smallest absolute Gasteiger partial charge is 0.264 e. The van der Waals surface area contributed by atoms with E-state index in [4.69, 9.17) is 11.0 Å². The molecule has 27 heavy (non-hydrogen) atoms. The Morgan fingerprint density at radius 2 is 1.96 bits per heavy atom. The van der Waals surface area contributed by atoms with Crippen LogP contribution >= 0.6 is 23.7 Å². The molecule has 2 aromatic rings. The molecule has 2 fully saturated rings. The fraction of sp³-hybridized carbons (Fsp3) is 0.400. The molecule has 0 radical (unpaired) electrons. The zero-order valence-corrected chi connectivity index (χ0v) is 16.6. The monoisotopic (exact) mass is 405 g/mol. The normalized spacial score (nSPS) is 23.6. The van der Waals surface area contributed by atoms with Gasteiger partial charge in [0.15, 0.2) is 0 Å². The van der Waals surface area contributed by atoms with Crippen molar-refractivity contribution in [2.24, 2.45) is 5.73 Å². The summed E-state index contributed by atoms with van der Waals surface area (Å²) in [4.78, 5) is 16.8. The van der Waals surface area contributed by atoms with E-state index in [0.29, 0.717) is 10.4 Å². The minimum absolute atomic E-state index is 0. The average Bonchev–Trinajstić information content (AvgIpc) is 3.12. The standard InChI is InChI=1S/C20H20FN3OS.ClH/c1-11-17(12-2-3-13(10-22)18(21)6-12)9-19(26-11)20(25)24-15-4-5-16(24)8-14(23)7-15;/h2-3,6,9,14-16H,4-5,7-8,23H2,1H3;1H. The number of benzene rings is 1. The predicted molar refractivity (Wildman–Crippen MR) is 107 cm³/mol. The van der Waals surface area contributed by atoms with Gasteiger partial charge in [0.05, 0.1) is 10.4 Å². The number of carbonyl (C=O) groups is 1. The maximum Gasteiger partial charge on any atom is 0.264 e. The van der Waals surface area contributed by atoms with Crippen molar-refractivity contribution in [1.29, 1.82) is 5.26 Å². The van der Waals surface area contributed by atoms with Crippen LogP contribution < -0.4 is 5.73 Å². The van der Waals surface area contributed by atoms with Crippen LogP contribution in [0.1, 0.15) is 45.8 Å². The molecule has 2 aliphatic rings. The molecule has 142 valence electrons. The average molecular weight is 406 g/mol. The molecular formula is C20H21ClFN3OS. The minimum Gasteiger partial charge on any atom is -0.332 e. The largest absolute Gasteiger partial charge is 0.332 e. The number of nitrogens with zero attached hydrogens (tertiary/aromatic N) is 2. The number of rotatable bonds is 2. The molecule has 0 spiro atoms. The van der Waals surface area contributed by atoms with E-state index in [-0.39, 0.29) is 42.0 Å². The van der Waals surface area contributed by atoms with E-state index in [1.165, 1.54) is 23.5 Å². The summed E-state index contributed by atoms with van der Waals surface area (Å²) in [6, 6.07) is 8.95.